The first-order valence-corrected chi connectivity index (χ1v) is 8.43. The van der Waals surface area contributed by atoms with E-state index < -0.39 is 0 Å². The molecule has 2 heterocycles. The second-order valence-electron chi connectivity index (χ2n) is 7.35. The minimum absolute atomic E-state index is 0.780. The summed E-state index contributed by atoms with van der Waals surface area (Å²) in [6.07, 6.45) is 7.00. The zero-order valence-electron chi connectivity index (χ0n) is 12.8. The van der Waals surface area contributed by atoms with Gasteiger partial charge in [0.1, 0.15) is 0 Å². The molecule has 0 amide bonds. The molecule has 1 unspecified atom stereocenters. The lowest BCUT2D eigenvalue weighted by Crippen LogP contribution is -2.47. The van der Waals surface area contributed by atoms with Gasteiger partial charge in [-0.25, -0.2) is 0 Å². The lowest BCUT2D eigenvalue weighted by atomic mass is 10.0. The van der Waals surface area contributed by atoms with Gasteiger partial charge in [0, 0.05) is 37.8 Å². The highest BCUT2D eigenvalue weighted by Crippen LogP contribution is 2.30. The van der Waals surface area contributed by atoms with Crippen LogP contribution in [0.3, 0.4) is 0 Å². The number of hydrogen-bond donors (Lipinski definition) is 1. The summed E-state index contributed by atoms with van der Waals surface area (Å²) >= 11 is 0. The van der Waals surface area contributed by atoms with Crippen molar-refractivity contribution in [3.8, 4) is 0 Å². The molecule has 0 aromatic carbocycles. The van der Waals surface area contributed by atoms with Crippen LogP contribution in [0.4, 0.5) is 0 Å². The summed E-state index contributed by atoms with van der Waals surface area (Å²) in [6.45, 7) is 11.2. The molecule has 1 atom stereocenters. The Kier molecular flexibility index (Phi) is 4.45. The van der Waals surface area contributed by atoms with Crippen LogP contribution in [-0.4, -0.2) is 60.6 Å². The van der Waals surface area contributed by atoms with Crippen molar-refractivity contribution in [1.29, 1.82) is 0 Å². The van der Waals surface area contributed by atoms with Crippen molar-refractivity contribution in [3.63, 3.8) is 0 Å². The van der Waals surface area contributed by atoms with Gasteiger partial charge in [0.05, 0.1) is 0 Å². The molecule has 1 saturated carbocycles. The monoisotopic (exact) mass is 265 g/mol. The molecule has 3 fully saturated rings. The van der Waals surface area contributed by atoms with Crippen molar-refractivity contribution in [1.82, 2.24) is 15.1 Å². The smallest absolute Gasteiger partial charge is 0.0209 e. The van der Waals surface area contributed by atoms with Crippen LogP contribution in [0.25, 0.3) is 0 Å². The van der Waals surface area contributed by atoms with Gasteiger partial charge in [0.2, 0.25) is 0 Å². The molecule has 3 nitrogen and oxygen atoms in total. The van der Waals surface area contributed by atoms with Gasteiger partial charge in [0.25, 0.3) is 0 Å². The molecule has 3 heteroatoms. The Morgan fingerprint density at radius 2 is 1.63 bits per heavy atom. The SMILES string of the molecule is CC(C)CN1CCC(NC2CCN(C3CC3)C2)CC1. The van der Waals surface area contributed by atoms with Crippen molar-refractivity contribution in [3.05, 3.63) is 0 Å². The maximum Gasteiger partial charge on any atom is 0.0209 e. The van der Waals surface area contributed by atoms with Crippen LogP contribution in [0.2, 0.25) is 0 Å². The molecule has 1 N–H and O–H groups in total. The summed E-state index contributed by atoms with van der Waals surface area (Å²) in [4.78, 5) is 5.36. The van der Waals surface area contributed by atoms with E-state index in [1.807, 2.05) is 0 Å². The molecule has 2 saturated heterocycles. The number of hydrogen-bond acceptors (Lipinski definition) is 3. The normalized spacial score (nSPS) is 31.4. The molecule has 19 heavy (non-hydrogen) atoms. The fourth-order valence-corrected chi connectivity index (χ4v) is 3.83. The number of rotatable bonds is 5. The van der Waals surface area contributed by atoms with Crippen molar-refractivity contribution >= 4 is 0 Å². The summed E-state index contributed by atoms with van der Waals surface area (Å²) < 4.78 is 0. The maximum absolute atomic E-state index is 3.94. The first kappa shape index (κ1) is 13.8. The summed E-state index contributed by atoms with van der Waals surface area (Å²) in [6, 6.07) is 2.52. The van der Waals surface area contributed by atoms with Gasteiger partial charge in [-0.2, -0.15) is 0 Å². The molecule has 0 aromatic rings. The van der Waals surface area contributed by atoms with Crippen LogP contribution in [-0.2, 0) is 0 Å². The quantitative estimate of drug-likeness (QED) is 0.819. The third-order valence-electron chi connectivity index (χ3n) is 4.97. The van der Waals surface area contributed by atoms with E-state index in [1.54, 1.807) is 0 Å². The lowest BCUT2D eigenvalue weighted by molar-refractivity contribution is 0.174. The topological polar surface area (TPSA) is 18.5 Å². The largest absolute Gasteiger partial charge is 0.310 e. The highest BCUT2D eigenvalue weighted by Gasteiger charge is 2.35. The summed E-state index contributed by atoms with van der Waals surface area (Å²) in [5, 5.41) is 3.94. The Labute approximate surface area is 118 Å². The van der Waals surface area contributed by atoms with Crippen molar-refractivity contribution in [2.45, 2.75) is 64.1 Å². The van der Waals surface area contributed by atoms with E-state index in [-0.39, 0.29) is 0 Å². The molecule has 0 spiro atoms. The minimum Gasteiger partial charge on any atom is -0.310 e. The molecule has 1 aliphatic carbocycles. The molecular formula is C16H31N3. The maximum atomic E-state index is 3.94. The zero-order valence-corrected chi connectivity index (χ0v) is 12.8. The van der Waals surface area contributed by atoms with Gasteiger partial charge in [0.15, 0.2) is 0 Å². The number of piperidine rings is 1. The third-order valence-corrected chi connectivity index (χ3v) is 4.97. The Morgan fingerprint density at radius 1 is 0.947 bits per heavy atom. The number of likely N-dealkylation sites (tertiary alicyclic amines) is 2. The molecule has 3 rings (SSSR count). The van der Waals surface area contributed by atoms with Crippen LogP contribution in [0.15, 0.2) is 0 Å². The fourth-order valence-electron chi connectivity index (χ4n) is 3.83. The van der Waals surface area contributed by atoms with Gasteiger partial charge < -0.3 is 10.2 Å². The molecule has 110 valence electrons. The molecule has 0 radical (unpaired) electrons. The van der Waals surface area contributed by atoms with Crippen molar-refractivity contribution < 1.29 is 0 Å². The third kappa shape index (κ3) is 3.93. The summed E-state index contributed by atoms with van der Waals surface area (Å²) in [5.74, 6) is 0.812. The second-order valence-corrected chi connectivity index (χ2v) is 7.35. The van der Waals surface area contributed by atoms with Crippen molar-refractivity contribution in [2.24, 2.45) is 5.92 Å². The highest BCUT2D eigenvalue weighted by molar-refractivity contribution is 4.93. The molecule has 0 aromatic heterocycles. The van der Waals surface area contributed by atoms with Gasteiger partial charge in [-0.3, -0.25) is 4.90 Å². The van der Waals surface area contributed by atoms with Gasteiger partial charge in [-0.15, -0.1) is 0 Å². The minimum atomic E-state index is 0.780. The van der Waals surface area contributed by atoms with Crippen LogP contribution < -0.4 is 5.32 Å². The number of nitrogens with one attached hydrogen (secondary N) is 1. The van der Waals surface area contributed by atoms with Gasteiger partial charge >= 0.3 is 0 Å². The fraction of sp³-hybridized carbons (Fsp3) is 1.00. The summed E-state index contributed by atoms with van der Waals surface area (Å²) in [5.41, 5.74) is 0. The molecule has 3 aliphatic rings. The Bertz CT molecular complexity index is 280. The van der Waals surface area contributed by atoms with E-state index >= 15 is 0 Å². The second kappa shape index (κ2) is 6.11. The molecule has 0 bridgehead atoms. The Balaban J connectivity index is 1.35. The lowest BCUT2D eigenvalue weighted by Gasteiger charge is -2.34. The van der Waals surface area contributed by atoms with Crippen molar-refractivity contribution in [2.75, 3.05) is 32.7 Å². The predicted octanol–water partition coefficient (Wildman–Crippen LogP) is 1.93. The van der Waals surface area contributed by atoms with Crippen LogP contribution in [0.5, 0.6) is 0 Å². The van der Waals surface area contributed by atoms with E-state index in [0.29, 0.717) is 0 Å². The van der Waals surface area contributed by atoms with E-state index in [4.69, 9.17) is 0 Å². The van der Waals surface area contributed by atoms with Crippen LogP contribution in [0.1, 0.15) is 46.0 Å². The average molecular weight is 265 g/mol. The predicted molar refractivity (Wildman–Crippen MR) is 80.4 cm³/mol. The van der Waals surface area contributed by atoms with E-state index in [0.717, 1.165) is 24.0 Å². The first-order chi connectivity index (χ1) is 9.20. The average Bonchev–Trinajstić information content (AvgIpc) is 3.12. The molecule has 2 aliphatic heterocycles. The van der Waals surface area contributed by atoms with Crippen LogP contribution in [0, 0.1) is 5.92 Å². The summed E-state index contributed by atoms with van der Waals surface area (Å²) in [7, 11) is 0. The first-order valence-electron chi connectivity index (χ1n) is 8.43. The Hall–Kier alpha value is -0.120. The highest BCUT2D eigenvalue weighted by atomic mass is 15.2. The van der Waals surface area contributed by atoms with Crippen LogP contribution >= 0.6 is 0 Å². The van der Waals surface area contributed by atoms with E-state index in [9.17, 15) is 0 Å². The van der Waals surface area contributed by atoms with Gasteiger partial charge in [-0.1, -0.05) is 13.8 Å². The van der Waals surface area contributed by atoms with E-state index in [2.05, 4.69) is 29.0 Å². The molecular weight excluding hydrogens is 234 g/mol. The standard InChI is InChI=1S/C16H31N3/c1-13(2)11-18-8-5-14(6-9-18)17-15-7-10-19(12-15)16-3-4-16/h13-17H,3-12H2,1-2H3. The zero-order chi connectivity index (χ0) is 13.2. The number of nitrogens with zero attached hydrogens (tertiary/aromatic N) is 2. The Morgan fingerprint density at radius 3 is 2.26 bits per heavy atom. The van der Waals surface area contributed by atoms with E-state index in [1.165, 1.54) is 64.8 Å². The van der Waals surface area contributed by atoms with Gasteiger partial charge in [-0.05, 0) is 51.1 Å².